The van der Waals surface area contributed by atoms with Crippen LogP contribution in [0.5, 0.6) is 0 Å². The molecule has 0 amide bonds. The molecule has 3 nitrogen and oxygen atoms in total. The molecule has 0 aliphatic heterocycles. The van der Waals surface area contributed by atoms with E-state index in [1.165, 1.54) is 42.7 Å². The van der Waals surface area contributed by atoms with E-state index in [-0.39, 0.29) is 5.82 Å². The van der Waals surface area contributed by atoms with Gasteiger partial charge in [-0.05, 0) is 44.0 Å². The predicted molar refractivity (Wildman–Crippen MR) is 77.1 cm³/mol. The molecule has 1 aromatic heterocycles. The number of hydrogen-bond acceptors (Lipinski definition) is 2. The minimum absolute atomic E-state index is 0.191. The molecule has 1 heterocycles. The minimum atomic E-state index is -0.191. The van der Waals surface area contributed by atoms with Crippen molar-refractivity contribution < 1.29 is 4.39 Å². The number of fused-ring (bicyclic) bond motifs is 1. The molecule has 0 fully saturated rings. The largest absolute Gasteiger partial charge is 0.313 e. The molecule has 3 rings (SSSR count). The van der Waals surface area contributed by atoms with E-state index < -0.39 is 0 Å². The molecule has 1 aromatic carbocycles. The molecule has 20 heavy (non-hydrogen) atoms. The molecule has 1 atom stereocenters. The Morgan fingerprint density at radius 3 is 2.85 bits per heavy atom. The summed E-state index contributed by atoms with van der Waals surface area (Å²) in [7, 11) is 2.01. The van der Waals surface area contributed by atoms with Gasteiger partial charge >= 0.3 is 0 Å². The summed E-state index contributed by atoms with van der Waals surface area (Å²) in [6.07, 6.45) is 6.70. The summed E-state index contributed by atoms with van der Waals surface area (Å²) in [5, 5.41) is 7.92. The van der Waals surface area contributed by atoms with Crippen LogP contribution in [0.25, 0.3) is 0 Å². The normalized spacial score (nSPS) is 18.6. The molecule has 0 bridgehead atoms. The Bertz CT molecular complexity index is 574. The van der Waals surface area contributed by atoms with Crippen LogP contribution >= 0.6 is 0 Å². The van der Waals surface area contributed by atoms with Crippen LogP contribution in [0, 0.1) is 5.82 Å². The molecule has 0 radical (unpaired) electrons. The van der Waals surface area contributed by atoms with Gasteiger partial charge in [0.25, 0.3) is 0 Å². The smallest absolute Gasteiger partial charge is 0.123 e. The van der Waals surface area contributed by atoms with Crippen molar-refractivity contribution in [2.75, 3.05) is 7.05 Å². The average molecular weight is 273 g/mol. The van der Waals surface area contributed by atoms with Gasteiger partial charge in [0.2, 0.25) is 0 Å². The SMILES string of the molecule is CNC1CCCCc2c1cnn2Cc1ccc(F)cc1. The molecule has 1 N–H and O–H groups in total. The number of aromatic nitrogens is 2. The maximum absolute atomic E-state index is 13.0. The van der Waals surface area contributed by atoms with Gasteiger partial charge in [-0.15, -0.1) is 0 Å². The Morgan fingerprint density at radius 2 is 2.10 bits per heavy atom. The summed E-state index contributed by atoms with van der Waals surface area (Å²) in [6.45, 7) is 0.714. The van der Waals surface area contributed by atoms with Gasteiger partial charge in [0.05, 0.1) is 12.7 Å². The first-order valence-electron chi connectivity index (χ1n) is 7.24. The quantitative estimate of drug-likeness (QED) is 0.871. The average Bonchev–Trinajstić information content (AvgIpc) is 2.73. The summed E-state index contributed by atoms with van der Waals surface area (Å²) in [5.74, 6) is -0.191. The second-order valence-electron chi connectivity index (χ2n) is 5.42. The van der Waals surface area contributed by atoms with Crippen molar-refractivity contribution in [3.63, 3.8) is 0 Å². The number of nitrogens with zero attached hydrogens (tertiary/aromatic N) is 2. The lowest BCUT2D eigenvalue weighted by Crippen LogP contribution is -2.16. The Hall–Kier alpha value is -1.68. The van der Waals surface area contributed by atoms with Crippen LogP contribution in [0.4, 0.5) is 4.39 Å². The van der Waals surface area contributed by atoms with E-state index in [1.807, 2.05) is 25.4 Å². The molecule has 1 unspecified atom stereocenters. The number of rotatable bonds is 3. The third kappa shape index (κ3) is 2.61. The Labute approximate surface area is 118 Å². The monoisotopic (exact) mass is 273 g/mol. The molecular weight excluding hydrogens is 253 g/mol. The fourth-order valence-electron chi connectivity index (χ4n) is 2.98. The maximum atomic E-state index is 13.0. The van der Waals surface area contributed by atoms with E-state index in [9.17, 15) is 4.39 Å². The molecule has 0 spiro atoms. The molecule has 1 aliphatic rings. The molecule has 2 aromatic rings. The standard InChI is InChI=1S/C16H20FN3/c1-18-15-4-2-3-5-16-14(15)10-19-20(16)11-12-6-8-13(17)9-7-12/h6-10,15,18H,2-5,11H2,1H3. The predicted octanol–water partition coefficient (Wildman–Crippen LogP) is 3.06. The minimum Gasteiger partial charge on any atom is -0.313 e. The van der Waals surface area contributed by atoms with Gasteiger partial charge < -0.3 is 5.32 Å². The van der Waals surface area contributed by atoms with Crippen molar-refractivity contribution in [2.24, 2.45) is 0 Å². The number of halogens is 1. The summed E-state index contributed by atoms with van der Waals surface area (Å²) < 4.78 is 15.0. The summed E-state index contributed by atoms with van der Waals surface area (Å²) in [4.78, 5) is 0. The summed E-state index contributed by atoms with van der Waals surface area (Å²) in [5.41, 5.74) is 3.74. The van der Waals surface area contributed by atoms with Crippen molar-refractivity contribution in [3.8, 4) is 0 Å². The van der Waals surface area contributed by atoms with Crippen LogP contribution in [-0.4, -0.2) is 16.8 Å². The van der Waals surface area contributed by atoms with E-state index in [0.717, 1.165) is 12.0 Å². The lowest BCUT2D eigenvalue weighted by Gasteiger charge is -2.13. The van der Waals surface area contributed by atoms with Crippen LogP contribution in [0.1, 0.15) is 42.1 Å². The second-order valence-corrected chi connectivity index (χ2v) is 5.42. The Balaban J connectivity index is 1.87. The number of nitrogens with one attached hydrogen (secondary N) is 1. The van der Waals surface area contributed by atoms with E-state index in [0.29, 0.717) is 12.6 Å². The van der Waals surface area contributed by atoms with Gasteiger partial charge in [-0.25, -0.2) is 4.39 Å². The molecule has 106 valence electrons. The second kappa shape index (κ2) is 5.75. The first-order valence-corrected chi connectivity index (χ1v) is 7.24. The van der Waals surface area contributed by atoms with E-state index in [4.69, 9.17) is 0 Å². The molecule has 0 saturated carbocycles. The van der Waals surface area contributed by atoms with Crippen LogP contribution in [0.15, 0.2) is 30.5 Å². The fraction of sp³-hybridized carbons (Fsp3) is 0.438. The van der Waals surface area contributed by atoms with Crippen LogP contribution in [0.2, 0.25) is 0 Å². The molecule has 0 saturated heterocycles. The molecule has 1 aliphatic carbocycles. The molecular formula is C16H20FN3. The van der Waals surface area contributed by atoms with Gasteiger partial charge in [-0.3, -0.25) is 4.68 Å². The maximum Gasteiger partial charge on any atom is 0.123 e. The third-order valence-corrected chi connectivity index (χ3v) is 4.11. The van der Waals surface area contributed by atoms with Crippen LogP contribution in [0.3, 0.4) is 0 Å². The van der Waals surface area contributed by atoms with E-state index in [2.05, 4.69) is 15.1 Å². The van der Waals surface area contributed by atoms with Crippen molar-refractivity contribution >= 4 is 0 Å². The van der Waals surface area contributed by atoms with Crippen molar-refractivity contribution in [2.45, 2.75) is 38.3 Å². The summed E-state index contributed by atoms with van der Waals surface area (Å²) >= 11 is 0. The highest BCUT2D eigenvalue weighted by molar-refractivity contribution is 5.25. The Morgan fingerprint density at radius 1 is 1.30 bits per heavy atom. The highest BCUT2D eigenvalue weighted by atomic mass is 19.1. The van der Waals surface area contributed by atoms with Crippen LogP contribution in [-0.2, 0) is 13.0 Å². The lowest BCUT2D eigenvalue weighted by molar-refractivity contribution is 0.532. The number of benzene rings is 1. The van der Waals surface area contributed by atoms with Gasteiger partial charge in [-0.1, -0.05) is 18.6 Å². The van der Waals surface area contributed by atoms with Gasteiger partial charge in [0, 0.05) is 17.3 Å². The first-order chi connectivity index (χ1) is 9.78. The van der Waals surface area contributed by atoms with Gasteiger partial charge in [0.15, 0.2) is 0 Å². The zero-order valence-corrected chi connectivity index (χ0v) is 11.8. The first kappa shape index (κ1) is 13.3. The highest BCUT2D eigenvalue weighted by Gasteiger charge is 2.21. The zero-order valence-electron chi connectivity index (χ0n) is 11.8. The molecule has 4 heteroatoms. The van der Waals surface area contributed by atoms with Gasteiger partial charge in [-0.2, -0.15) is 5.10 Å². The van der Waals surface area contributed by atoms with E-state index >= 15 is 0 Å². The summed E-state index contributed by atoms with van der Waals surface area (Å²) in [6, 6.07) is 7.09. The van der Waals surface area contributed by atoms with Crippen molar-refractivity contribution in [3.05, 3.63) is 53.1 Å². The topological polar surface area (TPSA) is 29.9 Å². The zero-order chi connectivity index (χ0) is 13.9. The van der Waals surface area contributed by atoms with Crippen molar-refractivity contribution in [1.82, 2.24) is 15.1 Å². The van der Waals surface area contributed by atoms with E-state index in [1.54, 1.807) is 0 Å². The fourth-order valence-corrected chi connectivity index (χ4v) is 2.98. The van der Waals surface area contributed by atoms with Crippen molar-refractivity contribution in [1.29, 1.82) is 0 Å². The van der Waals surface area contributed by atoms with Crippen LogP contribution < -0.4 is 5.32 Å². The third-order valence-electron chi connectivity index (χ3n) is 4.11. The Kier molecular flexibility index (Phi) is 3.83. The lowest BCUT2D eigenvalue weighted by atomic mass is 10.1. The number of hydrogen-bond donors (Lipinski definition) is 1. The van der Waals surface area contributed by atoms with Gasteiger partial charge in [0.1, 0.15) is 5.82 Å². The highest BCUT2D eigenvalue weighted by Crippen LogP contribution is 2.28.